The minimum atomic E-state index is 0.512. The first kappa shape index (κ1) is 15.3. The van der Waals surface area contributed by atoms with Gasteiger partial charge in [0.15, 0.2) is 5.16 Å². The van der Waals surface area contributed by atoms with Crippen LogP contribution in [0, 0.1) is 0 Å². The van der Waals surface area contributed by atoms with Crippen molar-refractivity contribution in [2.45, 2.75) is 29.7 Å². The predicted octanol–water partition coefficient (Wildman–Crippen LogP) is 1.98. The lowest BCUT2D eigenvalue weighted by molar-refractivity contribution is 0.409. The van der Waals surface area contributed by atoms with Crippen molar-refractivity contribution in [2.24, 2.45) is 7.05 Å². The lowest BCUT2D eigenvalue weighted by atomic mass is 9.97. The van der Waals surface area contributed by atoms with Gasteiger partial charge in [0.05, 0.1) is 12.8 Å². The Bertz CT molecular complexity index is 624. The van der Waals surface area contributed by atoms with E-state index in [1.54, 1.807) is 25.1 Å². The Labute approximate surface area is 134 Å². The Hall–Kier alpha value is -1.60. The van der Waals surface area contributed by atoms with Crippen LogP contribution in [-0.4, -0.2) is 39.9 Å². The smallest absolute Gasteiger partial charge is 0.191 e. The summed E-state index contributed by atoms with van der Waals surface area (Å²) in [6.45, 7) is 2.12. The maximum absolute atomic E-state index is 5.34. The van der Waals surface area contributed by atoms with E-state index in [1.807, 2.05) is 12.1 Å². The highest BCUT2D eigenvalue weighted by Gasteiger charge is 2.21. The molecule has 0 spiro atoms. The van der Waals surface area contributed by atoms with Crippen molar-refractivity contribution in [1.29, 1.82) is 0 Å². The van der Waals surface area contributed by atoms with Gasteiger partial charge in [0.2, 0.25) is 0 Å². The minimum absolute atomic E-state index is 0.512. The monoisotopic (exact) mass is 319 g/mol. The lowest BCUT2D eigenvalue weighted by Crippen LogP contribution is -2.27. The maximum Gasteiger partial charge on any atom is 0.191 e. The van der Waals surface area contributed by atoms with Crippen molar-refractivity contribution >= 4 is 11.8 Å². The van der Waals surface area contributed by atoms with Gasteiger partial charge in [-0.1, -0.05) is 11.8 Å². The predicted molar refractivity (Wildman–Crippen MR) is 86.2 cm³/mol. The van der Waals surface area contributed by atoms with Crippen LogP contribution in [0.2, 0.25) is 0 Å². The van der Waals surface area contributed by atoms with Gasteiger partial charge in [-0.05, 0) is 38.1 Å². The molecule has 0 saturated carbocycles. The molecule has 7 heteroatoms. The molecule has 0 aliphatic carbocycles. The number of hydrogen-bond donors (Lipinski definition) is 1. The Balaban J connectivity index is 1.69. The molecule has 1 aliphatic heterocycles. The van der Waals surface area contributed by atoms with E-state index >= 15 is 0 Å². The number of nitrogens with zero attached hydrogens (tertiary/aromatic N) is 4. The standard InChI is InChI=1S/C15H21N5OS/c1-20-14(11-5-8-16-9-6-11)18-19-15(20)22-10-12-13(21-2)4-3-7-17-12/h3-4,7,11,16H,5-6,8-10H2,1-2H3. The summed E-state index contributed by atoms with van der Waals surface area (Å²) in [6.07, 6.45) is 4.05. The van der Waals surface area contributed by atoms with E-state index in [0.29, 0.717) is 5.92 Å². The van der Waals surface area contributed by atoms with E-state index in [2.05, 4.69) is 32.1 Å². The van der Waals surface area contributed by atoms with E-state index in [4.69, 9.17) is 4.74 Å². The molecule has 0 unspecified atom stereocenters. The van der Waals surface area contributed by atoms with E-state index in [9.17, 15) is 0 Å². The Morgan fingerprint density at radius 3 is 2.95 bits per heavy atom. The Morgan fingerprint density at radius 1 is 1.36 bits per heavy atom. The van der Waals surface area contributed by atoms with Gasteiger partial charge >= 0.3 is 0 Å². The summed E-state index contributed by atoms with van der Waals surface area (Å²) < 4.78 is 7.46. The largest absolute Gasteiger partial charge is 0.495 e. The van der Waals surface area contributed by atoms with Gasteiger partial charge in [0, 0.05) is 24.9 Å². The van der Waals surface area contributed by atoms with Crippen LogP contribution in [0.1, 0.15) is 30.3 Å². The molecule has 0 amide bonds. The second-order valence-corrected chi connectivity index (χ2v) is 6.31. The Morgan fingerprint density at radius 2 is 2.18 bits per heavy atom. The fraction of sp³-hybridized carbons (Fsp3) is 0.533. The van der Waals surface area contributed by atoms with Gasteiger partial charge in [0.1, 0.15) is 11.6 Å². The fourth-order valence-electron chi connectivity index (χ4n) is 2.74. The molecule has 1 saturated heterocycles. The van der Waals surface area contributed by atoms with Gasteiger partial charge in [-0.25, -0.2) is 0 Å². The second kappa shape index (κ2) is 7.11. The summed E-state index contributed by atoms with van der Waals surface area (Å²) in [7, 11) is 3.72. The normalized spacial score (nSPS) is 15.9. The topological polar surface area (TPSA) is 64.9 Å². The average molecular weight is 319 g/mol. The van der Waals surface area contributed by atoms with Crippen LogP contribution in [0.4, 0.5) is 0 Å². The van der Waals surface area contributed by atoms with Crippen molar-refractivity contribution < 1.29 is 4.74 Å². The highest BCUT2D eigenvalue weighted by atomic mass is 32.2. The number of ether oxygens (including phenoxy) is 1. The summed E-state index contributed by atoms with van der Waals surface area (Å²) in [5.74, 6) is 3.15. The minimum Gasteiger partial charge on any atom is -0.495 e. The first-order valence-electron chi connectivity index (χ1n) is 7.50. The van der Waals surface area contributed by atoms with Gasteiger partial charge in [0.25, 0.3) is 0 Å². The zero-order valence-electron chi connectivity index (χ0n) is 13.0. The average Bonchev–Trinajstić information content (AvgIpc) is 2.95. The quantitative estimate of drug-likeness (QED) is 0.850. The number of thioether (sulfide) groups is 1. The first-order chi connectivity index (χ1) is 10.8. The van der Waals surface area contributed by atoms with Crippen LogP contribution in [0.15, 0.2) is 23.5 Å². The van der Waals surface area contributed by atoms with Crippen LogP contribution in [0.5, 0.6) is 5.75 Å². The molecule has 0 radical (unpaired) electrons. The number of piperidine rings is 1. The molecule has 2 aromatic heterocycles. The third-order valence-electron chi connectivity index (χ3n) is 3.98. The molecule has 3 heterocycles. The molecule has 3 rings (SSSR count). The van der Waals surface area contributed by atoms with Crippen molar-refractivity contribution in [3.63, 3.8) is 0 Å². The van der Waals surface area contributed by atoms with Gasteiger partial charge in [-0.15, -0.1) is 10.2 Å². The number of hydrogen-bond acceptors (Lipinski definition) is 6. The molecule has 0 atom stereocenters. The van der Waals surface area contributed by atoms with Gasteiger partial charge in [-0.3, -0.25) is 4.98 Å². The Kier molecular flexibility index (Phi) is 4.94. The zero-order valence-corrected chi connectivity index (χ0v) is 13.8. The van der Waals surface area contributed by atoms with Crippen molar-refractivity contribution in [3.05, 3.63) is 29.8 Å². The number of methoxy groups -OCH3 is 1. The highest BCUT2D eigenvalue weighted by molar-refractivity contribution is 7.98. The summed E-state index contributed by atoms with van der Waals surface area (Å²) in [5.41, 5.74) is 0.932. The summed E-state index contributed by atoms with van der Waals surface area (Å²) >= 11 is 1.65. The second-order valence-electron chi connectivity index (χ2n) is 5.37. The summed E-state index contributed by atoms with van der Waals surface area (Å²) in [6, 6.07) is 3.81. The molecule has 0 aromatic carbocycles. The van der Waals surface area contributed by atoms with E-state index in [-0.39, 0.29) is 0 Å². The molecule has 6 nitrogen and oxygen atoms in total. The molecule has 22 heavy (non-hydrogen) atoms. The molecular weight excluding hydrogens is 298 g/mol. The van der Waals surface area contributed by atoms with Crippen LogP contribution < -0.4 is 10.1 Å². The fourth-order valence-corrected chi connectivity index (χ4v) is 3.61. The van der Waals surface area contributed by atoms with Crippen molar-refractivity contribution in [1.82, 2.24) is 25.1 Å². The van der Waals surface area contributed by atoms with Gasteiger partial charge in [-0.2, -0.15) is 0 Å². The lowest BCUT2D eigenvalue weighted by Gasteiger charge is -2.21. The molecule has 1 N–H and O–H groups in total. The molecular formula is C15H21N5OS. The molecule has 2 aromatic rings. The number of nitrogens with one attached hydrogen (secondary N) is 1. The highest BCUT2D eigenvalue weighted by Crippen LogP contribution is 2.29. The van der Waals surface area contributed by atoms with Crippen LogP contribution in [0.25, 0.3) is 0 Å². The third-order valence-corrected chi connectivity index (χ3v) is 5.01. The molecule has 118 valence electrons. The number of pyridine rings is 1. The van der Waals surface area contributed by atoms with E-state index in [1.165, 1.54) is 0 Å². The molecule has 0 bridgehead atoms. The van der Waals surface area contributed by atoms with Crippen molar-refractivity contribution in [2.75, 3.05) is 20.2 Å². The van der Waals surface area contributed by atoms with E-state index < -0.39 is 0 Å². The van der Waals surface area contributed by atoms with Gasteiger partial charge < -0.3 is 14.6 Å². The zero-order chi connectivity index (χ0) is 15.4. The molecule has 1 fully saturated rings. The first-order valence-corrected chi connectivity index (χ1v) is 8.49. The molecule has 1 aliphatic rings. The third kappa shape index (κ3) is 3.25. The maximum atomic E-state index is 5.34. The van der Waals surface area contributed by atoms with Crippen molar-refractivity contribution in [3.8, 4) is 5.75 Å². The number of aromatic nitrogens is 4. The summed E-state index contributed by atoms with van der Waals surface area (Å²) in [5, 5.41) is 13.1. The van der Waals surface area contributed by atoms with Crippen LogP contribution in [-0.2, 0) is 12.8 Å². The van der Waals surface area contributed by atoms with E-state index in [0.717, 1.165) is 54.1 Å². The van der Waals surface area contributed by atoms with Crippen LogP contribution in [0.3, 0.4) is 0 Å². The SMILES string of the molecule is COc1cccnc1CSc1nnc(C2CCNCC2)n1C. The van der Waals surface area contributed by atoms with Crippen LogP contribution >= 0.6 is 11.8 Å². The summed E-state index contributed by atoms with van der Waals surface area (Å²) in [4.78, 5) is 4.38. The number of rotatable bonds is 5.